The second-order valence-electron chi connectivity index (χ2n) is 6.54. The predicted molar refractivity (Wildman–Crippen MR) is 80.5 cm³/mol. The first-order valence-corrected chi connectivity index (χ1v) is 8.13. The van der Waals surface area contributed by atoms with Gasteiger partial charge in [0.1, 0.15) is 0 Å². The minimum Gasteiger partial charge on any atom is -0.381 e. The van der Waals surface area contributed by atoms with E-state index in [1.165, 1.54) is 0 Å². The Balaban J connectivity index is 1.94. The summed E-state index contributed by atoms with van der Waals surface area (Å²) in [5, 5.41) is 6.72. The average Bonchev–Trinajstić information content (AvgIpc) is 2.44. The molecule has 20 heavy (non-hydrogen) atoms. The fourth-order valence-electron chi connectivity index (χ4n) is 4.14. The summed E-state index contributed by atoms with van der Waals surface area (Å²) < 4.78 is 5.60. The molecule has 0 aromatic heterocycles. The Morgan fingerprint density at radius 3 is 2.60 bits per heavy atom. The highest BCUT2D eigenvalue weighted by Gasteiger charge is 2.53. The summed E-state index contributed by atoms with van der Waals surface area (Å²) in [6, 6.07) is 0.745. The lowest BCUT2D eigenvalue weighted by Crippen LogP contribution is -2.65. The third-order valence-corrected chi connectivity index (χ3v) is 5.70. The Morgan fingerprint density at radius 1 is 1.35 bits per heavy atom. The molecule has 0 spiro atoms. The molecule has 2 fully saturated rings. The molecule has 2 unspecified atom stereocenters. The smallest absolute Gasteiger partial charge is 0.223 e. The van der Waals surface area contributed by atoms with Gasteiger partial charge in [-0.1, -0.05) is 13.8 Å². The highest BCUT2D eigenvalue weighted by Crippen LogP contribution is 2.48. The van der Waals surface area contributed by atoms with E-state index in [-0.39, 0.29) is 17.2 Å². The first-order chi connectivity index (χ1) is 9.57. The summed E-state index contributed by atoms with van der Waals surface area (Å²) >= 11 is 0. The maximum absolute atomic E-state index is 12.5. The summed E-state index contributed by atoms with van der Waals surface area (Å²) in [7, 11) is 1.79. The zero-order chi connectivity index (χ0) is 14.8. The predicted octanol–water partition coefficient (Wildman–Crippen LogP) is 2.08. The minimum absolute atomic E-state index is 0.142. The van der Waals surface area contributed by atoms with E-state index >= 15 is 0 Å². The van der Waals surface area contributed by atoms with Gasteiger partial charge in [-0.25, -0.2) is 0 Å². The first-order valence-electron chi connectivity index (χ1n) is 8.13. The second-order valence-corrected chi connectivity index (χ2v) is 6.54. The molecule has 1 amide bonds. The zero-order valence-corrected chi connectivity index (χ0v) is 13.4. The van der Waals surface area contributed by atoms with E-state index in [0.29, 0.717) is 18.2 Å². The fraction of sp³-hybridized carbons (Fsp3) is 0.938. The number of hydrogen-bond donors (Lipinski definition) is 2. The Bertz CT molecular complexity index is 341. The molecule has 4 heteroatoms. The molecular formula is C16H30N2O2. The summed E-state index contributed by atoms with van der Waals surface area (Å²) in [5.74, 6) is 0.434. The van der Waals surface area contributed by atoms with Crippen molar-refractivity contribution in [2.24, 2.45) is 11.3 Å². The SMILES string of the molecule is CCC1(CC)C(NC(=O)[C@H]2CCN[C@@H](C)C2)CC1OC. The van der Waals surface area contributed by atoms with E-state index in [4.69, 9.17) is 4.74 Å². The largest absolute Gasteiger partial charge is 0.381 e. The highest BCUT2D eigenvalue weighted by atomic mass is 16.5. The van der Waals surface area contributed by atoms with Crippen molar-refractivity contribution in [1.29, 1.82) is 0 Å². The zero-order valence-electron chi connectivity index (χ0n) is 13.4. The van der Waals surface area contributed by atoms with Crippen molar-refractivity contribution in [3.63, 3.8) is 0 Å². The van der Waals surface area contributed by atoms with E-state index in [0.717, 1.165) is 38.6 Å². The van der Waals surface area contributed by atoms with Crippen molar-refractivity contribution in [3.8, 4) is 0 Å². The van der Waals surface area contributed by atoms with Crippen molar-refractivity contribution in [3.05, 3.63) is 0 Å². The van der Waals surface area contributed by atoms with Gasteiger partial charge in [0.15, 0.2) is 0 Å². The number of carbonyl (C=O) groups excluding carboxylic acids is 1. The van der Waals surface area contributed by atoms with Crippen LogP contribution in [0.25, 0.3) is 0 Å². The molecule has 0 radical (unpaired) electrons. The number of hydrogen-bond acceptors (Lipinski definition) is 3. The molecule has 116 valence electrons. The number of amides is 1. The van der Waals surface area contributed by atoms with Gasteiger partial charge in [-0.15, -0.1) is 0 Å². The van der Waals surface area contributed by atoms with Crippen LogP contribution in [-0.2, 0) is 9.53 Å². The number of ether oxygens (including phenoxy) is 1. The molecule has 0 aromatic rings. The van der Waals surface area contributed by atoms with Gasteiger partial charge >= 0.3 is 0 Å². The molecule has 2 rings (SSSR count). The van der Waals surface area contributed by atoms with Crippen LogP contribution in [0.4, 0.5) is 0 Å². The van der Waals surface area contributed by atoms with Gasteiger partial charge in [0, 0.05) is 30.5 Å². The molecule has 1 aliphatic heterocycles. The van der Waals surface area contributed by atoms with E-state index < -0.39 is 0 Å². The van der Waals surface area contributed by atoms with Crippen LogP contribution in [0.5, 0.6) is 0 Å². The van der Waals surface area contributed by atoms with Crippen molar-refractivity contribution >= 4 is 5.91 Å². The molecule has 4 atom stereocenters. The summed E-state index contributed by atoms with van der Waals surface area (Å²) in [6.45, 7) is 7.53. The molecule has 2 N–H and O–H groups in total. The lowest BCUT2D eigenvalue weighted by atomic mass is 9.58. The molecule has 1 saturated carbocycles. The van der Waals surface area contributed by atoms with Crippen molar-refractivity contribution in [2.75, 3.05) is 13.7 Å². The van der Waals surface area contributed by atoms with E-state index in [2.05, 4.69) is 31.4 Å². The summed E-state index contributed by atoms with van der Waals surface area (Å²) in [5.41, 5.74) is 0.142. The molecule has 0 bridgehead atoms. The average molecular weight is 282 g/mol. The van der Waals surface area contributed by atoms with Crippen LogP contribution < -0.4 is 10.6 Å². The van der Waals surface area contributed by atoms with Gasteiger partial charge in [-0.3, -0.25) is 4.79 Å². The Labute approximate surface area is 123 Å². The topological polar surface area (TPSA) is 50.4 Å². The molecule has 1 saturated heterocycles. The standard InChI is InChI=1S/C16H30N2O2/c1-5-16(6-2)13(10-14(16)20-4)18-15(19)12-7-8-17-11(3)9-12/h11-14,17H,5-10H2,1-4H3,(H,18,19)/t11-,12-,13?,14?/m0/s1. The summed E-state index contributed by atoms with van der Waals surface area (Å²) in [6.07, 6.45) is 5.31. The first kappa shape index (κ1) is 15.8. The van der Waals surface area contributed by atoms with Crippen molar-refractivity contribution in [1.82, 2.24) is 10.6 Å². The van der Waals surface area contributed by atoms with Gasteiger partial charge in [-0.05, 0) is 45.6 Å². The molecular weight excluding hydrogens is 252 g/mol. The summed E-state index contributed by atoms with van der Waals surface area (Å²) in [4.78, 5) is 12.5. The number of carbonyl (C=O) groups is 1. The lowest BCUT2D eigenvalue weighted by Gasteiger charge is -2.55. The molecule has 1 aliphatic carbocycles. The third-order valence-electron chi connectivity index (χ3n) is 5.70. The van der Waals surface area contributed by atoms with Crippen molar-refractivity contribution < 1.29 is 9.53 Å². The molecule has 0 aromatic carbocycles. The Morgan fingerprint density at radius 2 is 2.05 bits per heavy atom. The Hall–Kier alpha value is -0.610. The second kappa shape index (κ2) is 6.44. The molecule has 4 nitrogen and oxygen atoms in total. The van der Waals surface area contributed by atoms with Crippen LogP contribution in [0, 0.1) is 11.3 Å². The van der Waals surface area contributed by atoms with Gasteiger partial charge in [-0.2, -0.15) is 0 Å². The fourth-order valence-corrected chi connectivity index (χ4v) is 4.14. The normalized spacial score (nSPS) is 36.2. The van der Waals surface area contributed by atoms with Gasteiger partial charge in [0.25, 0.3) is 0 Å². The van der Waals surface area contributed by atoms with E-state index in [9.17, 15) is 4.79 Å². The monoisotopic (exact) mass is 282 g/mol. The Kier molecular flexibility index (Phi) is 5.08. The number of piperidine rings is 1. The van der Waals surface area contributed by atoms with Crippen LogP contribution in [0.2, 0.25) is 0 Å². The highest BCUT2D eigenvalue weighted by molar-refractivity contribution is 5.79. The van der Waals surface area contributed by atoms with Crippen LogP contribution >= 0.6 is 0 Å². The molecule has 2 aliphatic rings. The molecule has 1 heterocycles. The van der Waals surface area contributed by atoms with Gasteiger partial charge < -0.3 is 15.4 Å². The minimum atomic E-state index is 0.142. The van der Waals surface area contributed by atoms with Crippen LogP contribution in [0.1, 0.15) is 52.9 Å². The number of methoxy groups -OCH3 is 1. The quantitative estimate of drug-likeness (QED) is 0.812. The number of nitrogens with one attached hydrogen (secondary N) is 2. The van der Waals surface area contributed by atoms with Gasteiger partial charge in [0.2, 0.25) is 5.91 Å². The third kappa shape index (κ3) is 2.73. The van der Waals surface area contributed by atoms with Crippen LogP contribution in [-0.4, -0.2) is 37.7 Å². The van der Waals surface area contributed by atoms with Gasteiger partial charge in [0.05, 0.1) is 6.10 Å². The maximum Gasteiger partial charge on any atom is 0.223 e. The lowest BCUT2D eigenvalue weighted by molar-refractivity contribution is -0.144. The van der Waals surface area contributed by atoms with E-state index in [1.807, 2.05) is 0 Å². The van der Waals surface area contributed by atoms with E-state index in [1.54, 1.807) is 7.11 Å². The van der Waals surface area contributed by atoms with Crippen molar-refractivity contribution in [2.45, 2.75) is 71.1 Å². The van der Waals surface area contributed by atoms with Crippen LogP contribution in [0.3, 0.4) is 0 Å². The number of rotatable bonds is 5. The maximum atomic E-state index is 12.5. The van der Waals surface area contributed by atoms with Crippen LogP contribution in [0.15, 0.2) is 0 Å².